The molecule has 0 saturated heterocycles. The maximum absolute atomic E-state index is 6.02. The third-order valence-electron chi connectivity index (χ3n) is 5.78. The van der Waals surface area contributed by atoms with Crippen molar-refractivity contribution in [3.8, 4) is 0 Å². The molecular formula is B30-2. The molecule has 30 heavy (non-hydrogen) atoms. The van der Waals surface area contributed by atoms with Gasteiger partial charge in [0.05, 0.1) is 0 Å². The average molecular weight is 324 g/mol. The topological polar surface area (TPSA) is 0 Å². The van der Waals surface area contributed by atoms with E-state index < -0.39 is 89.4 Å². The molecule has 0 aromatic heterocycles. The summed E-state index contributed by atoms with van der Waals surface area (Å²) in [6, 6.07) is 0. The highest BCUT2D eigenvalue weighted by Crippen LogP contribution is 2.14. The smallest absolute Gasteiger partial charge is 0.0000000000903 e. The summed E-state index contributed by atoms with van der Waals surface area (Å²) in [6.45, 7) is 0. The molecule has 0 nitrogen and oxygen atoms in total. The van der Waals surface area contributed by atoms with Gasteiger partial charge in [-0.1, -0.05) is 6.39 Å². The van der Waals surface area contributed by atoms with Crippen LogP contribution in [0.5, 0.6) is 0 Å². The molecule has 0 aliphatic heterocycles. The highest BCUT2D eigenvalue weighted by molar-refractivity contribution is 8.27. The Balaban J connectivity index is 7.14. The quantitative estimate of drug-likeness (QED) is 0.295. The summed E-state index contributed by atoms with van der Waals surface area (Å²) in [5.74, 6) is 0. The minimum absolute atomic E-state index is 0.853. The molecule has 0 rings (SSSR count). The summed E-state index contributed by atoms with van der Waals surface area (Å²) in [4.78, 5) is 0. The third-order valence-corrected chi connectivity index (χ3v) is 5.78. The van der Waals surface area contributed by atoms with Gasteiger partial charge in [0.2, 0.25) is 0 Å². The zero-order chi connectivity index (χ0) is 24.1. The van der Waals surface area contributed by atoms with Crippen molar-refractivity contribution in [2.45, 2.75) is 0 Å². The van der Waals surface area contributed by atoms with E-state index in [1.54, 1.807) is 0 Å². The summed E-state index contributed by atoms with van der Waals surface area (Å²) in [5, 5.41) is 0. The van der Waals surface area contributed by atoms with E-state index in [0.717, 1.165) is 0 Å². The molecule has 34 radical (unpaired) electrons. The molecule has 0 N–H and O–H groups in total. The van der Waals surface area contributed by atoms with Crippen molar-refractivity contribution < 1.29 is 0 Å². The van der Waals surface area contributed by atoms with Crippen LogP contribution in [0.2, 0.25) is 0 Å². The molecule has 0 atom stereocenters. The van der Waals surface area contributed by atoms with Crippen LogP contribution in [0.4, 0.5) is 0 Å². The Morgan fingerprint density at radius 1 is 0.267 bits per heavy atom. The summed E-state index contributed by atoms with van der Waals surface area (Å²) < 4.78 is 0. The lowest BCUT2D eigenvalue weighted by Gasteiger charge is -2.57. The molecule has 0 heterocycles. The second-order valence-corrected chi connectivity index (χ2v) is 8.08. The highest BCUT2D eigenvalue weighted by atomic mass is 13.3. The minimum Gasteiger partial charge on any atom is -0.729 e. The Kier molecular flexibility index (Phi) is 15.3. The largest absolute Gasteiger partial charge is 0.729 e. The molecule has 0 fully saturated rings. The maximum Gasteiger partial charge on any atom is -0.0000000000903 e. The molecule has 0 unspecified atom stereocenters. The second-order valence-electron chi connectivity index (χ2n) is 8.08. The first kappa shape index (κ1) is 31.9. The molecule has 0 aromatic carbocycles. The van der Waals surface area contributed by atoms with Crippen LogP contribution in [0.25, 0.3) is 0 Å². The summed E-state index contributed by atoms with van der Waals surface area (Å²) in [6.07, 6.45) is -13.7. The third kappa shape index (κ3) is 8.62. The number of rotatable bonds is 13. The minimum atomic E-state index is -1.07. The fourth-order valence-electron chi connectivity index (χ4n) is 4.62. The van der Waals surface area contributed by atoms with Crippen LogP contribution in [-0.4, -0.2) is 213 Å². The second kappa shape index (κ2) is 14.4. The molecule has 0 aliphatic carbocycles. The van der Waals surface area contributed by atoms with Gasteiger partial charge in [0.1, 0.15) is 0 Å². The van der Waals surface area contributed by atoms with Gasteiger partial charge in [-0.3, -0.25) is 0 Å². The molecule has 0 bridgehead atoms. The summed E-state index contributed by atoms with van der Waals surface area (Å²) in [5.41, 5.74) is 0. The monoisotopic (exact) mass is 330 g/mol. The summed E-state index contributed by atoms with van der Waals surface area (Å²) in [7, 11) is 96.4. The van der Waals surface area contributed by atoms with Gasteiger partial charge < -0.3 is 21.9 Å². The van der Waals surface area contributed by atoms with Gasteiger partial charge in [-0.2, -0.15) is 0 Å². The highest BCUT2D eigenvalue weighted by Gasteiger charge is 2.50. The number of hydrogen-bond acceptors (Lipinski definition) is 0. The molecule has 0 amide bonds. The molecule has 30 heteroatoms. The predicted molar refractivity (Wildman–Crippen MR) is 173 cm³/mol. The van der Waals surface area contributed by atoms with Crippen LogP contribution < -0.4 is 0 Å². The van der Waals surface area contributed by atoms with E-state index in [4.69, 9.17) is 124 Å². The van der Waals surface area contributed by atoms with E-state index in [2.05, 4.69) is 0 Å². The van der Waals surface area contributed by atoms with E-state index in [0.29, 0.717) is 0 Å². The Morgan fingerprint density at radius 3 is 0.567 bits per heavy atom. The standard InChI is InChI=1S/B30/c1-17(2)25(18(3)4)29(26(19(5)6)20(7)8)30(27(21(9)10)22(11)12)28(23(13)14)24(15)16/q-2. The molecule has 0 aliphatic rings. The molecule has 0 spiro atoms. The fourth-order valence-corrected chi connectivity index (χ4v) is 4.62. The van der Waals surface area contributed by atoms with Crippen LogP contribution in [0.1, 0.15) is 0 Å². The van der Waals surface area contributed by atoms with Gasteiger partial charge in [0, 0.05) is 0 Å². The van der Waals surface area contributed by atoms with Crippen molar-refractivity contribution in [2.24, 2.45) is 0 Å². The van der Waals surface area contributed by atoms with Crippen LogP contribution in [-0.2, 0) is 0 Å². The first-order valence-electron chi connectivity index (χ1n) is 9.67. The molecule has 92 valence electrons. The van der Waals surface area contributed by atoms with E-state index in [1.807, 2.05) is 0 Å². The van der Waals surface area contributed by atoms with Crippen molar-refractivity contribution in [2.75, 3.05) is 0 Å². The Bertz CT molecular complexity index is 323. The fraction of sp³-hybridized carbons (Fsp3) is 0. The molecule has 0 saturated carbocycles. The normalized spacial score (nSPS) is 9.53. The lowest BCUT2D eigenvalue weighted by Crippen LogP contribution is -2.88. The zero-order valence-corrected chi connectivity index (χ0v) is 17.3. The van der Waals surface area contributed by atoms with Crippen molar-refractivity contribution in [3.05, 3.63) is 0 Å². The van der Waals surface area contributed by atoms with E-state index in [1.165, 1.54) is 0 Å². The van der Waals surface area contributed by atoms with Crippen molar-refractivity contribution in [1.82, 2.24) is 0 Å². The van der Waals surface area contributed by atoms with Gasteiger partial charge in [-0.15, -0.1) is 0 Å². The lowest BCUT2D eigenvalue weighted by molar-refractivity contribution is 3.25. The Morgan fingerprint density at radius 2 is 0.433 bits per heavy atom. The zero-order valence-electron chi connectivity index (χ0n) is 17.3. The first-order chi connectivity index (χ1) is 13.6. The van der Waals surface area contributed by atoms with Crippen LogP contribution in [0.3, 0.4) is 0 Å². The SMILES string of the molecule is [B]B([B])B(B([B])[B])B(B(B([B])[B])B([B])[B])B(B(B([B])[B])B([B])[B])B(B([B])[B])B([B-])[B-]. The van der Waals surface area contributed by atoms with Gasteiger partial charge in [-0.25, -0.2) is 0 Å². The predicted octanol–water partition coefficient (Wildman–Crippen LogP) is -11.4. The summed E-state index contributed by atoms with van der Waals surface area (Å²) >= 11 is 0. The van der Waals surface area contributed by atoms with Gasteiger partial charge >= 0.3 is 0 Å². The van der Waals surface area contributed by atoms with E-state index in [9.17, 15) is 0 Å². The van der Waals surface area contributed by atoms with E-state index >= 15 is 0 Å². The van der Waals surface area contributed by atoms with Crippen LogP contribution in [0, 0.1) is 0 Å². The van der Waals surface area contributed by atoms with Crippen molar-refractivity contribution in [3.63, 3.8) is 0 Å². The van der Waals surface area contributed by atoms with Crippen molar-refractivity contribution in [1.29, 1.82) is 0 Å². The maximum atomic E-state index is 6.02. The van der Waals surface area contributed by atoms with Crippen molar-refractivity contribution >= 4 is 213 Å². The Labute approximate surface area is 212 Å². The first-order valence-corrected chi connectivity index (χ1v) is 9.67. The molecular weight excluding hydrogens is 324 g/mol. The van der Waals surface area contributed by atoms with Gasteiger partial charge in [0.25, 0.3) is 0 Å². The van der Waals surface area contributed by atoms with E-state index in [-0.39, 0.29) is 0 Å². The Hall–Kier alpha value is 1.95. The van der Waals surface area contributed by atoms with Crippen LogP contribution in [0.15, 0.2) is 0 Å². The van der Waals surface area contributed by atoms with Gasteiger partial charge in [-0.05, 0) is 185 Å². The number of hydrogen-bond donors (Lipinski definition) is 0. The van der Waals surface area contributed by atoms with Gasteiger partial charge in [0.15, 0.2) is 0 Å². The van der Waals surface area contributed by atoms with Crippen LogP contribution >= 0.6 is 0 Å². The average Bonchev–Trinajstić information content (AvgIpc) is 2.50. The molecule has 0 aromatic rings. The lowest BCUT2D eigenvalue weighted by atomic mass is 8.31.